The number of nitrogen functional groups attached to an aromatic ring is 1. The van der Waals surface area contributed by atoms with Crippen LogP contribution in [0, 0.1) is 11.7 Å². The number of halogens is 2. The molecule has 3 aromatic heterocycles. The fraction of sp³-hybridized carbons (Fsp3) is 0.348. The van der Waals surface area contributed by atoms with Gasteiger partial charge in [0.05, 0.1) is 21.9 Å². The summed E-state index contributed by atoms with van der Waals surface area (Å²) in [5.41, 5.74) is 8.47. The lowest BCUT2D eigenvalue weighted by Crippen LogP contribution is -2.34. The zero-order chi connectivity index (χ0) is 22.5. The number of anilines is 1. The summed E-state index contributed by atoms with van der Waals surface area (Å²) in [5.74, 6) is 0.467. The number of nitrogens with zero attached hydrogens (tertiary/aromatic N) is 4. The van der Waals surface area contributed by atoms with Gasteiger partial charge in [-0.2, -0.15) is 9.61 Å². The molecule has 0 radical (unpaired) electrons. The van der Waals surface area contributed by atoms with Crippen molar-refractivity contribution in [2.24, 2.45) is 5.92 Å². The lowest BCUT2D eigenvalue weighted by Gasteiger charge is -2.36. The van der Waals surface area contributed by atoms with Crippen LogP contribution >= 0.6 is 15.9 Å². The zero-order valence-electron chi connectivity index (χ0n) is 17.6. The first-order valence-electron chi connectivity index (χ1n) is 10.5. The van der Waals surface area contributed by atoms with E-state index in [1.54, 1.807) is 30.1 Å². The first-order chi connectivity index (χ1) is 15.4. The fourth-order valence-electron chi connectivity index (χ4n) is 4.55. The molecule has 4 aromatic rings. The number of pyridine rings is 1. The molecular weight excluding hydrogens is 477 g/mol. The van der Waals surface area contributed by atoms with Gasteiger partial charge in [-0.15, -0.1) is 0 Å². The van der Waals surface area contributed by atoms with Crippen molar-refractivity contribution >= 4 is 38.3 Å². The van der Waals surface area contributed by atoms with Crippen LogP contribution < -0.4 is 5.73 Å². The van der Waals surface area contributed by atoms with Crippen molar-refractivity contribution in [1.29, 1.82) is 0 Å². The summed E-state index contributed by atoms with van der Waals surface area (Å²) < 4.78 is 21.1. The SMILES string of the molecule is COCC1CCC(O)(c2nc3c(-c4cnc5ccc(F)cc5c4)cnn3c(N)c2Br)CC1. The molecule has 0 unspecified atom stereocenters. The van der Waals surface area contributed by atoms with Crippen LogP contribution in [0.15, 0.2) is 41.1 Å². The third-order valence-corrected chi connectivity index (χ3v) is 7.13. The molecule has 0 saturated heterocycles. The largest absolute Gasteiger partial charge is 0.384 e. The molecule has 0 bridgehead atoms. The lowest BCUT2D eigenvalue weighted by atomic mass is 9.77. The molecule has 5 rings (SSSR count). The van der Waals surface area contributed by atoms with Crippen molar-refractivity contribution in [2.75, 3.05) is 19.5 Å². The van der Waals surface area contributed by atoms with E-state index in [-0.39, 0.29) is 5.82 Å². The van der Waals surface area contributed by atoms with Crippen LogP contribution in [0.5, 0.6) is 0 Å². The highest BCUT2D eigenvalue weighted by molar-refractivity contribution is 9.10. The second-order valence-electron chi connectivity index (χ2n) is 8.44. The average Bonchev–Trinajstić information content (AvgIpc) is 3.21. The van der Waals surface area contributed by atoms with Gasteiger partial charge in [-0.3, -0.25) is 4.98 Å². The van der Waals surface area contributed by atoms with Gasteiger partial charge < -0.3 is 15.6 Å². The van der Waals surface area contributed by atoms with Crippen molar-refractivity contribution in [3.63, 3.8) is 0 Å². The van der Waals surface area contributed by atoms with Gasteiger partial charge in [0.1, 0.15) is 17.2 Å². The fourth-order valence-corrected chi connectivity index (χ4v) is 5.18. The summed E-state index contributed by atoms with van der Waals surface area (Å²) in [4.78, 5) is 9.27. The molecule has 1 saturated carbocycles. The summed E-state index contributed by atoms with van der Waals surface area (Å²) >= 11 is 3.54. The van der Waals surface area contributed by atoms with Crippen LogP contribution in [-0.4, -0.2) is 38.4 Å². The monoisotopic (exact) mass is 499 g/mol. The molecule has 0 aliphatic heterocycles. The second kappa shape index (κ2) is 8.06. The quantitative estimate of drug-likeness (QED) is 0.430. The molecule has 3 heterocycles. The summed E-state index contributed by atoms with van der Waals surface area (Å²) in [6.45, 7) is 0.689. The van der Waals surface area contributed by atoms with Crippen LogP contribution in [0.3, 0.4) is 0 Å². The Morgan fingerprint density at radius 2 is 2.06 bits per heavy atom. The highest BCUT2D eigenvalue weighted by Crippen LogP contribution is 2.43. The molecule has 0 atom stereocenters. The van der Waals surface area contributed by atoms with Crippen molar-refractivity contribution in [3.8, 4) is 11.1 Å². The van der Waals surface area contributed by atoms with E-state index in [1.807, 2.05) is 6.07 Å². The van der Waals surface area contributed by atoms with E-state index in [2.05, 4.69) is 26.0 Å². The maximum absolute atomic E-state index is 13.7. The number of aromatic nitrogens is 4. The molecular formula is C23H23BrFN5O2. The maximum atomic E-state index is 13.7. The molecule has 0 spiro atoms. The van der Waals surface area contributed by atoms with Crippen molar-refractivity contribution in [1.82, 2.24) is 19.6 Å². The Kier molecular flexibility index (Phi) is 5.35. The first kappa shape index (κ1) is 21.2. The number of benzene rings is 1. The Bertz CT molecular complexity index is 1320. The number of ether oxygens (including phenoxy) is 1. The Balaban J connectivity index is 1.61. The predicted octanol–water partition coefficient (Wildman–Crippen LogP) is 4.45. The van der Waals surface area contributed by atoms with Gasteiger partial charge in [0.15, 0.2) is 5.65 Å². The molecule has 9 heteroatoms. The molecule has 1 fully saturated rings. The second-order valence-corrected chi connectivity index (χ2v) is 9.24. The smallest absolute Gasteiger partial charge is 0.165 e. The number of aliphatic hydroxyl groups is 1. The lowest BCUT2D eigenvalue weighted by molar-refractivity contribution is -0.0282. The van der Waals surface area contributed by atoms with E-state index in [1.165, 1.54) is 12.1 Å². The maximum Gasteiger partial charge on any atom is 0.165 e. The van der Waals surface area contributed by atoms with E-state index in [0.29, 0.717) is 63.5 Å². The number of hydrogen-bond donors (Lipinski definition) is 2. The highest BCUT2D eigenvalue weighted by Gasteiger charge is 2.39. The molecule has 32 heavy (non-hydrogen) atoms. The van der Waals surface area contributed by atoms with Crippen molar-refractivity contribution in [3.05, 3.63) is 52.6 Å². The normalized spacial score (nSPS) is 21.4. The van der Waals surface area contributed by atoms with E-state index in [4.69, 9.17) is 15.5 Å². The molecule has 1 aliphatic rings. The Morgan fingerprint density at radius 1 is 1.28 bits per heavy atom. The molecule has 3 N–H and O–H groups in total. The van der Waals surface area contributed by atoms with Gasteiger partial charge in [-0.05, 0) is 71.8 Å². The Labute approximate surface area is 192 Å². The Morgan fingerprint density at radius 3 is 2.81 bits per heavy atom. The number of methoxy groups -OCH3 is 1. The number of rotatable bonds is 4. The number of fused-ring (bicyclic) bond motifs is 2. The molecule has 1 aromatic carbocycles. The molecule has 1 aliphatic carbocycles. The Hall–Kier alpha value is -2.62. The van der Waals surface area contributed by atoms with E-state index in [9.17, 15) is 9.50 Å². The zero-order valence-corrected chi connectivity index (χ0v) is 19.1. The third kappa shape index (κ3) is 3.54. The van der Waals surface area contributed by atoms with E-state index >= 15 is 0 Å². The van der Waals surface area contributed by atoms with Crippen molar-refractivity contribution in [2.45, 2.75) is 31.3 Å². The van der Waals surface area contributed by atoms with Crippen LogP contribution in [0.4, 0.5) is 10.2 Å². The molecule has 166 valence electrons. The van der Waals surface area contributed by atoms with Gasteiger partial charge in [0.2, 0.25) is 0 Å². The number of nitrogens with two attached hydrogens (primary N) is 1. The summed E-state index contributed by atoms with van der Waals surface area (Å²) in [6.07, 6.45) is 6.20. The van der Waals surface area contributed by atoms with E-state index in [0.717, 1.165) is 18.4 Å². The van der Waals surface area contributed by atoms with Crippen LogP contribution in [0.1, 0.15) is 31.4 Å². The summed E-state index contributed by atoms with van der Waals surface area (Å²) in [7, 11) is 1.70. The van der Waals surface area contributed by atoms with Crippen LogP contribution in [0.2, 0.25) is 0 Å². The average molecular weight is 500 g/mol. The van der Waals surface area contributed by atoms with Gasteiger partial charge in [0, 0.05) is 36.4 Å². The topological polar surface area (TPSA) is 98.6 Å². The minimum Gasteiger partial charge on any atom is -0.384 e. The molecule has 0 amide bonds. The minimum atomic E-state index is -1.09. The van der Waals surface area contributed by atoms with Crippen molar-refractivity contribution < 1.29 is 14.2 Å². The van der Waals surface area contributed by atoms with E-state index < -0.39 is 5.60 Å². The minimum absolute atomic E-state index is 0.323. The summed E-state index contributed by atoms with van der Waals surface area (Å²) in [5, 5.41) is 16.6. The van der Waals surface area contributed by atoms with Gasteiger partial charge in [-0.25, -0.2) is 9.37 Å². The third-order valence-electron chi connectivity index (χ3n) is 6.35. The standard InChI is InChI=1S/C23H23BrFN5O2/c1-32-12-13-4-6-23(31,7-5-13)20-19(24)21(26)30-22(29-20)17(11-28-30)15-8-14-9-16(25)2-3-18(14)27-10-15/h2-3,8-11,13,31H,4-7,12,26H2,1H3. The van der Waals surface area contributed by atoms with Crippen LogP contribution in [0.25, 0.3) is 27.7 Å². The van der Waals surface area contributed by atoms with Gasteiger partial charge in [-0.1, -0.05) is 0 Å². The predicted molar refractivity (Wildman–Crippen MR) is 124 cm³/mol. The van der Waals surface area contributed by atoms with Crippen LogP contribution in [-0.2, 0) is 10.3 Å². The van der Waals surface area contributed by atoms with Gasteiger partial charge in [0.25, 0.3) is 0 Å². The summed E-state index contributed by atoms with van der Waals surface area (Å²) in [6, 6.07) is 6.33. The molecule has 7 nitrogen and oxygen atoms in total. The number of hydrogen-bond acceptors (Lipinski definition) is 6. The highest BCUT2D eigenvalue weighted by atomic mass is 79.9. The first-order valence-corrected chi connectivity index (χ1v) is 11.3. The van der Waals surface area contributed by atoms with Gasteiger partial charge >= 0.3 is 0 Å².